The molecule has 1 N–H and O–H groups in total. The number of aliphatic hydroxyl groups excluding tert-OH is 1. The first-order chi connectivity index (χ1) is 10.2. The second-order valence-electron chi connectivity index (χ2n) is 4.96. The molecule has 1 atom stereocenters. The number of Topliss-reactive ketones (excluding diaryl/α,β-unsaturated/α-hetero) is 1. The molecule has 3 nitrogen and oxygen atoms in total. The Labute approximate surface area is 125 Å². The van der Waals surface area contributed by atoms with Crippen LogP contribution in [0.2, 0.25) is 0 Å². The Morgan fingerprint density at radius 2 is 1.90 bits per heavy atom. The molecule has 0 aliphatic rings. The summed E-state index contributed by atoms with van der Waals surface area (Å²) in [5.41, 5.74) is 1.93. The van der Waals surface area contributed by atoms with E-state index in [-0.39, 0.29) is 12.4 Å². The van der Waals surface area contributed by atoms with Gasteiger partial charge in [-0.2, -0.15) is 0 Å². The Morgan fingerprint density at radius 3 is 2.57 bits per heavy atom. The normalized spacial score (nSPS) is 11.9. The highest BCUT2D eigenvalue weighted by molar-refractivity contribution is 5.86. The van der Waals surface area contributed by atoms with Gasteiger partial charge in [-0.05, 0) is 29.7 Å². The van der Waals surface area contributed by atoms with E-state index in [1.807, 2.05) is 48.5 Å². The third kappa shape index (κ3) is 4.17. The lowest BCUT2D eigenvalue weighted by molar-refractivity contribution is -0.121. The van der Waals surface area contributed by atoms with Crippen molar-refractivity contribution in [2.45, 2.75) is 18.8 Å². The number of ketones is 1. The molecule has 110 valence electrons. The summed E-state index contributed by atoms with van der Waals surface area (Å²) in [5, 5.41) is 9.55. The first-order valence-electron chi connectivity index (χ1n) is 7.06. The average Bonchev–Trinajstić information content (AvgIpc) is 2.55. The van der Waals surface area contributed by atoms with Crippen LogP contribution in [0.5, 0.6) is 5.75 Å². The number of methoxy groups -OCH3 is 1. The fraction of sp³-hybridized carbons (Fsp3) is 0.278. The molecule has 2 rings (SSSR count). The van der Waals surface area contributed by atoms with Gasteiger partial charge < -0.3 is 9.84 Å². The van der Waals surface area contributed by atoms with E-state index in [1.54, 1.807) is 13.2 Å². The summed E-state index contributed by atoms with van der Waals surface area (Å²) in [6.07, 6.45) is 1.12. The predicted molar refractivity (Wildman–Crippen MR) is 82.6 cm³/mol. The molecule has 0 heterocycles. The van der Waals surface area contributed by atoms with Gasteiger partial charge >= 0.3 is 0 Å². The lowest BCUT2D eigenvalue weighted by atomic mass is 9.92. The lowest BCUT2D eigenvalue weighted by Gasteiger charge is -2.14. The van der Waals surface area contributed by atoms with Gasteiger partial charge in [-0.3, -0.25) is 4.79 Å². The van der Waals surface area contributed by atoms with Crippen LogP contribution in [0.1, 0.15) is 23.5 Å². The number of carbonyl (C=O) groups excluding carboxylic acids is 1. The maximum Gasteiger partial charge on any atom is 0.142 e. The molecule has 0 aliphatic heterocycles. The third-order valence-corrected chi connectivity index (χ3v) is 3.57. The number of carbonyl (C=O) groups is 1. The zero-order valence-electron chi connectivity index (χ0n) is 12.2. The van der Waals surface area contributed by atoms with Gasteiger partial charge in [0.15, 0.2) is 0 Å². The SMILES string of the molecule is COc1cccc(C(CO)C(=O)CCc2ccccc2)c1. The minimum Gasteiger partial charge on any atom is -0.497 e. The van der Waals surface area contributed by atoms with Crippen molar-refractivity contribution in [1.29, 1.82) is 0 Å². The Hall–Kier alpha value is -2.13. The summed E-state index contributed by atoms with van der Waals surface area (Å²) in [6.45, 7) is -0.180. The molecule has 0 spiro atoms. The van der Waals surface area contributed by atoms with Gasteiger partial charge in [0.05, 0.1) is 19.6 Å². The van der Waals surface area contributed by atoms with Crippen LogP contribution in [-0.4, -0.2) is 24.6 Å². The van der Waals surface area contributed by atoms with E-state index in [9.17, 15) is 9.90 Å². The second kappa shape index (κ2) is 7.60. The average molecular weight is 284 g/mol. The molecular weight excluding hydrogens is 264 g/mol. The van der Waals surface area contributed by atoms with E-state index in [1.165, 1.54) is 0 Å². The van der Waals surface area contributed by atoms with Crippen LogP contribution >= 0.6 is 0 Å². The molecule has 0 saturated heterocycles. The zero-order valence-corrected chi connectivity index (χ0v) is 12.2. The van der Waals surface area contributed by atoms with Gasteiger partial charge in [0.2, 0.25) is 0 Å². The third-order valence-electron chi connectivity index (χ3n) is 3.57. The van der Waals surface area contributed by atoms with E-state index >= 15 is 0 Å². The first kappa shape index (κ1) is 15.3. The van der Waals surface area contributed by atoms with Crippen molar-refractivity contribution in [1.82, 2.24) is 0 Å². The Morgan fingerprint density at radius 1 is 1.14 bits per heavy atom. The summed E-state index contributed by atoms with van der Waals surface area (Å²) in [4.78, 5) is 12.3. The van der Waals surface area contributed by atoms with Gasteiger partial charge in [0.25, 0.3) is 0 Å². The second-order valence-corrected chi connectivity index (χ2v) is 4.96. The Balaban J connectivity index is 2.04. The van der Waals surface area contributed by atoms with Crippen LogP contribution in [-0.2, 0) is 11.2 Å². The van der Waals surface area contributed by atoms with Gasteiger partial charge in [-0.25, -0.2) is 0 Å². The van der Waals surface area contributed by atoms with Crippen LogP contribution in [0.15, 0.2) is 54.6 Å². The van der Waals surface area contributed by atoms with Crippen molar-refractivity contribution in [3.63, 3.8) is 0 Å². The van der Waals surface area contributed by atoms with Crippen LogP contribution in [0, 0.1) is 0 Å². The molecule has 1 unspecified atom stereocenters. The highest BCUT2D eigenvalue weighted by Crippen LogP contribution is 2.23. The van der Waals surface area contributed by atoms with Gasteiger partial charge in [-0.15, -0.1) is 0 Å². The topological polar surface area (TPSA) is 46.5 Å². The van der Waals surface area contributed by atoms with Gasteiger partial charge in [-0.1, -0.05) is 42.5 Å². The Kier molecular flexibility index (Phi) is 5.52. The largest absolute Gasteiger partial charge is 0.497 e. The van der Waals surface area contributed by atoms with E-state index in [0.717, 1.165) is 11.1 Å². The molecule has 0 saturated carbocycles. The molecule has 0 amide bonds. The van der Waals surface area contributed by atoms with Gasteiger partial charge in [0, 0.05) is 6.42 Å². The van der Waals surface area contributed by atoms with Crippen molar-refractivity contribution in [3.8, 4) is 5.75 Å². The van der Waals surface area contributed by atoms with Crippen molar-refractivity contribution in [3.05, 3.63) is 65.7 Å². The molecule has 0 fully saturated rings. The molecule has 0 bridgehead atoms. The van der Waals surface area contributed by atoms with Crippen LogP contribution in [0.25, 0.3) is 0 Å². The molecule has 0 aliphatic carbocycles. The molecular formula is C18H20O3. The fourth-order valence-corrected chi connectivity index (χ4v) is 2.34. The van der Waals surface area contributed by atoms with Crippen molar-refractivity contribution < 1.29 is 14.6 Å². The molecule has 0 radical (unpaired) electrons. The number of aryl methyl sites for hydroxylation is 1. The fourth-order valence-electron chi connectivity index (χ4n) is 2.34. The zero-order chi connectivity index (χ0) is 15.1. The maximum absolute atomic E-state index is 12.3. The van der Waals surface area contributed by atoms with Crippen molar-refractivity contribution in [2.24, 2.45) is 0 Å². The molecule has 2 aromatic carbocycles. The Bertz CT molecular complexity index is 578. The summed E-state index contributed by atoms with van der Waals surface area (Å²) in [6, 6.07) is 17.2. The predicted octanol–water partition coefficient (Wildman–Crippen LogP) is 2.97. The van der Waals surface area contributed by atoms with Gasteiger partial charge in [0.1, 0.15) is 11.5 Å². The number of ether oxygens (including phenoxy) is 1. The molecule has 21 heavy (non-hydrogen) atoms. The van der Waals surface area contributed by atoms with Crippen LogP contribution in [0.4, 0.5) is 0 Å². The minimum absolute atomic E-state index is 0.0506. The standard InChI is InChI=1S/C18H20O3/c1-21-16-9-5-8-15(12-16)17(13-19)18(20)11-10-14-6-3-2-4-7-14/h2-9,12,17,19H,10-11,13H2,1H3. The van der Waals surface area contributed by atoms with E-state index in [2.05, 4.69) is 0 Å². The first-order valence-corrected chi connectivity index (χ1v) is 7.06. The van der Waals surface area contributed by atoms with E-state index in [0.29, 0.717) is 18.6 Å². The summed E-state index contributed by atoms with van der Waals surface area (Å²) >= 11 is 0. The number of hydrogen-bond acceptors (Lipinski definition) is 3. The quantitative estimate of drug-likeness (QED) is 0.850. The van der Waals surface area contributed by atoms with Crippen LogP contribution < -0.4 is 4.74 Å². The number of rotatable bonds is 7. The summed E-state index contributed by atoms with van der Waals surface area (Å²) < 4.78 is 5.17. The summed E-state index contributed by atoms with van der Waals surface area (Å²) in [5.74, 6) is 0.264. The van der Waals surface area contributed by atoms with Crippen LogP contribution in [0.3, 0.4) is 0 Å². The monoisotopic (exact) mass is 284 g/mol. The van der Waals surface area contributed by atoms with Crippen molar-refractivity contribution >= 4 is 5.78 Å². The number of hydrogen-bond donors (Lipinski definition) is 1. The minimum atomic E-state index is -0.483. The molecule has 2 aromatic rings. The summed E-state index contributed by atoms with van der Waals surface area (Å²) in [7, 11) is 1.59. The number of aliphatic hydroxyl groups is 1. The van der Waals surface area contributed by atoms with E-state index < -0.39 is 5.92 Å². The highest BCUT2D eigenvalue weighted by Gasteiger charge is 2.19. The smallest absolute Gasteiger partial charge is 0.142 e. The molecule has 3 heteroatoms. The maximum atomic E-state index is 12.3. The lowest BCUT2D eigenvalue weighted by Crippen LogP contribution is -2.17. The molecule has 0 aromatic heterocycles. The number of benzene rings is 2. The highest BCUT2D eigenvalue weighted by atomic mass is 16.5. The van der Waals surface area contributed by atoms with Crippen molar-refractivity contribution in [2.75, 3.05) is 13.7 Å². The van der Waals surface area contributed by atoms with E-state index in [4.69, 9.17) is 4.74 Å².